The SMILES string of the molecule is Oc1ccc(-c2nc3cc(F)ccc3s2)c(F)c1. The van der Waals surface area contributed by atoms with Crippen molar-refractivity contribution < 1.29 is 13.9 Å². The summed E-state index contributed by atoms with van der Waals surface area (Å²) < 4.78 is 27.5. The molecule has 1 aromatic heterocycles. The maximum atomic E-state index is 13.7. The van der Waals surface area contributed by atoms with Crippen molar-refractivity contribution in [2.24, 2.45) is 0 Å². The number of rotatable bonds is 1. The number of nitrogens with zero attached hydrogens (tertiary/aromatic N) is 1. The summed E-state index contributed by atoms with van der Waals surface area (Å²) in [5, 5.41) is 9.62. The number of halogens is 2. The van der Waals surface area contributed by atoms with Crippen LogP contribution in [0.4, 0.5) is 8.78 Å². The minimum absolute atomic E-state index is 0.136. The Kier molecular flexibility index (Phi) is 2.48. The number of aromatic hydroxyl groups is 1. The molecule has 0 radical (unpaired) electrons. The highest BCUT2D eigenvalue weighted by atomic mass is 32.1. The first-order valence-corrected chi connectivity index (χ1v) is 6.00. The number of thiazole rings is 1. The first-order chi connectivity index (χ1) is 8.63. The van der Waals surface area contributed by atoms with E-state index in [9.17, 15) is 8.78 Å². The van der Waals surface area contributed by atoms with Gasteiger partial charge in [0.15, 0.2) is 0 Å². The van der Waals surface area contributed by atoms with Gasteiger partial charge in [0.25, 0.3) is 0 Å². The first-order valence-electron chi connectivity index (χ1n) is 5.18. The zero-order chi connectivity index (χ0) is 12.7. The van der Waals surface area contributed by atoms with Gasteiger partial charge in [0.2, 0.25) is 0 Å². The van der Waals surface area contributed by atoms with E-state index in [2.05, 4.69) is 4.98 Å². The van der Waals surface area contributed by atoms with Crippen LogP contribution in [0, 0.1) is 11.6 Å². The predicted molar refractivity (Wildman–Crippen MR) is 66.6 cm³/mol. The van der Waals surface area contributed by atoms with Gasteiger partial charge in [-0.15, -0.1) is 11.3 Å². The molecule has 18 heavy (non-hydrogen) atoms. The van der Waals surface area contributed by atoms with Gasteiger partial charge in [0, 0.05) is 17.7 Å². The normalized spacial score (nSPS) is 11.0. The predicted octanol–water partition coefficient (Wildman–Crippen LogP) is 3.95. The fourth-order valence-corrected chi connectivity index (χ4v) is 2.67. The van der Waals surface area contributed by atoms with Crippen LogP contribution in [0.2, 0.25) is 0 Å². The van der Waals surface area contributed by atoms with Gasteiger partial charge in [-0.3, -0.25) is 0 Å². The second kappa shape index (κ2) is 4.03. The van der Waals surface area contributed by atoms with Gasteiger partial charge in [0.1, 0.15) is 22.4 Å². The summed E-state index contributed by atoms with van der Waals surface area (Å²) >= 11 is 1.28. The molecule has 0 unspecified atom stereocenters. The number of aromatic nitrogens is 1. The number of phenolic OH excluding ortho intramolecular Hbond substituents is 1. The summed E-state index contributed by atoms with van der Waals surface area (Å²) in [5.74, 6) is -1.05. The quantitative estimate of drug-likeness (QED) is 0.721. The number of phenols is 1. The average molecular weight is 263 g/mol. The van der Waals surface area contributed by atoms with Crippen molar-refractivity contribution in [3.05, 3.63) is 48.0 Å². The molecule has 3 aromatic rings. The molecule has 0 saturated carbocycles. The Morgan fingerprint density at radius 3 is 2.67 bits per heavy atom. The van der Waals surface area contributed by atoms with Gasteiger partial charge < -0.3 is 5.11 Å². The summed E-state index contributed by atoms with van der Waals surface area (Å²) in [6.45, 7) is 0. The van der Waals surface area contributed by atoms with Gasteiger partial charge in [0.05, 0.1) is 10.2 Å². The van der Waals surface area contributed by atoms with E-state index in [1.165, 1.54) is 35.6 Å². The molecule has 1 N–H and O–H groups in total. The summed E-state index contributed by atoms with van der Waals surface area (Å²) in [6, 6.07) is 8.15. The van der Waals surface area contributed by atoms with Gasteiger partial charge in [-0.2, -0.15) is 0 Å². The topological polar surface area (TPSA) is 33.1 Å². The number of hydrogen-bond acceptors (Lipinski definition) is 3. The molecule has 0 saturated heterocycles. The van der Waals surface area contributed by atoms with Crippen molar-refractivity contribution in [2.75, 3.05) is 0 Å². The fourth-order valence-electron chi connectivity index (χ4n) is 1.69. The highest BCUT2D eigenvalue weighted by Crippen LogP contribution is 2.32. The van der Waals surface area contributed by atoms with Crippen LogP contribution in [0.25, 0.3) is 20.8 Å². The van der Waals surface area contributed by atoms with E-state index in [0.717, 1.165) is 10.8 Å². The molecule has 0 amide bonds. The molecular weight excluding hydrogens is 256 g/mol. The molecule has 0 bridgehead atoms. The molecule has 1 heterocycles. The zero-order valence-electron chi connectivity index (χ0n) is 9.02. The number of benzene rings is 2. The third-order valence-electron chi connectivity index (χ3n) is 2.53. The molecule has 0 aliphatic rings. The average Bonchev–Trinajstić information content (AvgIpc) is 2.71. The monoisotopic (exact) mass is 263 g/mol. The number of hydrogen-bond donors (Lipinski definition) is 1. The summed E-state index contributed by atoms with van der Waals surface area (Å²) in [6.07, 6.45) is 0. The van der Waals surface area contributed by atoms with Crippen molar-refractivity contribution in [2.45, 2.75) is 0 Å². The minimum atomic E-state index is -0.547. The summed E-state index contributed by atoms with van der Waals surface area (Å²) in [5.41, 5.74) is 0.803. The lowest BCUT2D eigenvalue weighted by Crippen LogP contribution is -1.82. The Bertz CT molecular complexity index is 739. The van der Waals surface area contributed by atoms with Crippen LogP contribution in [-0.2, 0) is 0 Å². The van der Waals surface area contributed by atoms with Crippen LogP contribution >= 0.6 is 11.3 Å². The van der Waals surface area contributed by atoms with Crippen molar-refractivity contribution in [3.8, 4) is 16.3 Å². The Morgan fingerprint density at radius 2 is 1.89 bits per heavy atom. The molecule has 5 heteroatoms. The van der Waals surface area contributed by atoms with E-state index >= 15 is 0 Å². The smallest absolute Gasteiger partial charge is 0.137 e. The molecular formula is C13H7F2NOS. The van der Waals surface area contributed by atoms with Crippen LogP contribution in [0.15, 0.2) is 36.4 Å². The summed E-state index contributed by atoms with van der Waals surface area (Å²) in [7, 11) is 0. The molecule has 2 aromatic carbocycles. The first kappa shape index (κ1) is 11.1. The van der Waals surface area contributed by atoms with E-state index in [0.29, 0.717) is 16.1 Å². The van der Waals surface area contributed by atoms with E-state index in [4.69, 9.17) is 5.11 Å². The van der Waals surface area contributed by atoms with Gasteiger partial charge in [-0.05, 0) is 24.3 Å². The lowest BCUT2D eigenvalue weighted by atomic mass is 10.2. The zero-order valence-corrected chi connectivity index (χ0v) is 9.84. The van der Waals surface area contributed by atoms with Gasteiger partial charge >= 0.3 is 0 Å². The van der Waals surface area contributed by atoms with Crippen LogP contribution in [0.1, 0.15) is 0 Å². The van der Waals surface area contributed by atoms with Crippen molar-refractivity contribution >= 4 is 21.6 Å². The van der Waals surface area contributed by atoms with Crippen molar-refractivity contribution in [1.82, 2.24) is 4.98 Å². The van der Waals surface area contributed by atoms with E-state index in [-0.39, 0.29) is 11.6 Å². The molecule has 0 fully saturated rings. The third-order valence-corrected chi connectivity index (χ3v) is 3.60. The van der Waals surface area contributed by atoms with Crippen LogP contribution < -0.4 is 0 Å². The molecule has 3 rings (SSSR count). The molecule has 2 nitrogen and oxygen atoms in total. The maximum absolute atomic E-state index is 13.7. The summed E-state index contributed by atoms with van der Waals surface area (Å²) in [4.78, 5) is 4.19. The van der Waals surface area contributed by atoms with E-state index in [1.807, 2.05) is 0 Å². The highest BCUT2D eigenvalue weighted by Gasteiger charge is 2.11. The van der Waals surface area contributed by atoms with Crippen LogP contribution in [0.3, 0.4) is 0 Å². The largest absolute Gasteiger partial charge is 0.508 e. The number of fused-ring (bicyclic) bond motifs is 1. The Labute approximate surface area is 105 Å². The maximum Gasteiger partial charge on any atom is 0.137 e. The fraction of sp³-hybridized carbons (Fsp3) is 0. The molecule has 0 spiro atoms. The van der Waals surface area contributed by atoms with Gasteiger partial charge in [-0.25, -0.2) is 13.8 Å². The molecule has 90 valence electrons. The Hall–Kier alpha value is -2.01. The second-order valence-electron chi connectivity index (χ2n) is 3.80. The van der Waals surface area contributed by atoms with E-state index in [1.54, 1.807) is 6.07 Å². The van der Waals surface area contributed by atoms with Crippen LogP contribution in [0.5, 0.6) is 5.75 Å². The minimum Gasteiger partial charge on any atom is -0.508 e. The van der Waals surface area contributed by atoms with Crippen molar-refractivity contribution in [1.29, 1.82) is 0 Å². The lowest BCUT2D eigenvalue weighted by Gasteiger charge is -1.98. The highest BCUT2D eigenvalue weighted by molar-refractivity contribution is 7.21. The second-order valence-corrected chi connectivity index (χ2v) is 4.83. The molecule has 0 aliphatic carbocycles. The Balaban J connectivity index is 2.19. The Morgan fingerprint density at radius 1 is 1.06 bits per heavy atom. The van der Waals surface area contributed by atoms with Crippen molar-refractivity contribution in [3.63, 3.8) is 0 Å². The molecule has 0 aliphatic heterocycles. The molecule has 0 atom stereocenters. The third kappa shape index (κ3) is 1.82. The van der Waals surface area contributed by atoms with E-state index < -0.39 is 5.82 Å². The standard InChI is InChI=1S/C13H7F2NOS/c14-7-1-4-12-11(5-7)16-13(18-12)9-3-2-8(17)6-10(9)15/h1-6,17H. The van der Waals surface area contributed by atoms with Gasteiger partial charge in [-0.1, -0.05) is 0 Å². The lowest BCUT2D eigenvalue weighted by molar-refractivity contribution is 0.469. The van der Waals surface area contributed by atoms with Crippen LogP contribution in [-0.4, -0.2) is 10.1 Å².